The number of nitrogens with one attached hydrogen (secondary N) is 1. The van der Waals surface area contributed by atoms with Crippen molar-refractivity contribution in [1.29, 1.82) is 0 Å². The maximum atomic E-state index is 12.7. The molecule has 5 heteroatoms. The van der Waals surface area contributed by atoms with Crippen LogP contribution < -0.4 is 5.32 Å². The van der Waals surface area contributed by atoms with Gasteiger partial charge >= 0.3 is 0 Å². The van der Waals surface area contributed by atoms with Crippen molar-refractivity contribution in [2.45, 2.75) is 63.6 Å². The maximum Gasteiger partial charge on any atom is 0.245 e. The lowest BCUT2D eigenvalue weighted by molar-refractivity contribution is -0.141. The second-order valence-electron chi connectivity index (χ2n) is 6.29. The summed E-state index contributed by atoms with van der Waals surface area (Å²) >= 11 is 0. The molecule has 1 saturated carbocycles. The van der Waals surface area contributed by atoms with Gasteiger partial charge < -0.3 is 14.6 Å². The highest BCUT2D eigenvalue weighted by molar-refractivity contribution is 5.94. The summed E-state index contributed by atoms with van der Waals surface area (Å²) in [5.41, 5.74) is -0.757. The lowest BCUT2D eigenvalue weighted by Gasteiger charge is -2.34. The molecule has 0 aromatic carbocycles. The molecular weight excluding hydrogens is 268 g/mol. The van der Waals surface area contributed by atoms with E-state index in [2.05, 4.69) is 5.32 Å². The van der Waals surface area contributed by atoms with E-state index in [4.69, 9.17) is 4.42 Å². The number of nitrogens with zero attached hydrogens (tertiary/aromatic N) is 1. The van der Waals surface area contributed by atoms with Gasteiger partial charge in [-0.2, -0.15) is 0 Å². The minimum atomic E-state index is -0.757. The number of amides is 2. The first-order valence-electron chi connectivity index (χ1n) is 7.73. The largest absolute Gasteiger partial charge is 0.467 e. The van der Waals surface area contributed by atoms with Gasteiger partial charge in [-0.15, -0.1) is 0 Å². The Morgan fingerprint density at radius 2 is 2.24 bits per heavy atom. The van der Waals surface area contributed by atoms with Gasteiger partial charge in [0, 0.05) is 12.5 Å². The van der Waals surface area contributed by atoms with Crippen LogP contribution in [0.1, 0.15) is 51.2 Å². The molecule has 0 radical (unpaired) electrons. The molecule has 0 spiro atoms. The molecule has 0 bridgehead atoms. The van der Waals surface area contributed by atoms with Crippen LogP contribution in [0.2, 0.25) is 0 Å². The Bertz CT molecular complexity index is 520. The molecule has 21 heavy (non-hydrogen) atoms. The molecule has 2 fully saturated rings. The van der Waals surface area contributed by atoms with Gasteiger partial charge in [0.05, 0.1) is 12.8 Å². The molecule has 1 aliphatic carbocycles. The van der Waals surface area contributed by atoms with Crippen LogP contribution >= 0.6 is 0 Å². The van der Waals surface area contributed by atoms with Crippen molar-refractivity contribution < 1.29 is 14.0 Å². The molecule has 3 rings (SSSR count). The Labute approximate surface area is 124 Å². The van der Waals surface area contributed by atoms with Gasteiger partial charge in [-0.3, -0.25) is 9.59 Å². The highest BCUT2D eigenvalue weighted by atomic mass is 16.3. The van der Waals surface area contributed by atoms with E-state index < -0.39 is 5.54 Å². The van der Waals surface area contributed by atoms with Gasteiger partial charge in [0.2, 0.25) is 11.8 Å². The molecule has 2 heterocycles. The Kier molecular flexibility index (Phi) is 3.74. The average Bonchev–Trinajstić information content (AvgIpc) is 3.18. The molecule has 114 valence electrons. The summed E-state index contributed by atoms with van der Waals surface area (Å²) in [4.78, 5) is 26.5. The van der Waals surface area contributed by atoms with Crippen LogP contribution in [0.5, 0.6) is 0 Å². The normalized spacial score (nSPS) is 26.5. The van der Waals surface area contributed by atoms with Gasteiger partial charge in [-0.1, -0.05) is 12.8 Å². The van der Waals surface area contributed by atoms with Crippen molar-refractivity contribution >= 4 is 11.8 Å². The molecule has 2 amide bonds. The third-order valence-corrected chi connectivity index (χ3v) is 4.80. The van der Waals surface area contributed by atoms with E-state index in [0.29, 0.717) is 25.1 Å². The van der Waals surface area contributed by atoms with E-state index in [0.717, 1.165) is 12.8 Å². The number of likely N-dealkylation sites (tertiary alicyclic amines) is 1. The van der Waals surface area contributed by atoms with Crippen molar-refractivity contribution in [1.82, 2.24) is 10.2 Å². The molecule has 1 unspecified atom stereocenters. The number of rotatable bonds is 4. The molecule has 1 atom stereocenters. The predicted molar refractivity (Wildman–Crippen MR) is 77.3 cm³/mol. The minimum absolute atomic E-state index is 0.0215. The van der Waals surface area contributed by atoms with E-state index in [1.54, 1.807) is 17.2 Å². The second kappa shape index (κ2) is 5.54. The third kappa shape index (κ3) is 2.69. The Hall–Kier alpha value is -1.78. The fourth-order valence-corrected chi connectivity index (χ4v) is 3.36. The van der Waals surface area contributed by atoms with Crippen molar-refractivity contribution in [2.24, 2.45) is 0 Å². The van der Waals surface area contributed by atoms with Crippen LogP contribution in [0.15, 0.2) is 22.8 Å². The molecule has 2 aliphatic rings. The number of carbonyl (C=O) groups excluding carboxylic acids is 2. The summed E-state index contributed by atoms with van der Waals surface area (Å²) in [5, 5.41) is 3.13. The molecular formula is C16H22N2O3. The minimum Gasteiger partial charge on any atom is -0.467 e. The monoisotopic (exact) mass is 290 g/mol. The van der Waals surface area contributed by atoms with Crippen molar-refractivity contribution in [2.75, 3.05) is 0 Å². The standard InChI is InChI=1S/C16H22N2O3/c1-16(15(20)17-12-5-2-3-6-12)9-8-14(19)18(16)11-13-7-4-10-21-13/h4,7,10,12H,2-3,5-6,8-9,11H2,1H3,(H,17,20). The summed E-state index contributed by atoms with van der Waals surface area (Å²) in [7, 11) is 0. The Morgan fingerprint density at radius 3 is 2.90 bits per heavy atom. The lowest BCUT2D eigenvalue weighted by atomic mass is 9.96. The first-order valence-corrected chi connectivity index (χ1v) is 7.73. The van der Waals surface area contributed by atoms with Gasteiger partial charge in [0.15, 0.2) is 0 Å². The van der Waals surface area contributed by atoms with Crippen molar-refractivity contribution in [3.05, 3.63) is 24.2 Å². The SMILES string of the molecule is CC1(C(=O)NC2CCCC2)CCC(=O)N1Cc1ccco1. The van der Waals surface area contributed by atoms with Crippen LogP contribution in [0, 0.1) is 0 Å². The molecule has 1 aromatic rings. The van der Waals surface area contributed by atoms with E-state index in [9.17, 15) is 9.59 Å². The van der Waals surface area contributed by atoms with Crippen LogP contribution in [-0.2, 0) is 16.1 Å². The van der Waals surface area contributed by atoms with E-state index >= 15 is 0 Å². The molecule has 1 saturated heterocycles. The van der Waals surface area contributed by atoms with Crippen LogP contribution in [0.4, 0.5) is 0 Å². The zero-order chi connectivity index (χ0) is 14.9. The zero-order valence-corrected chi connectivity index (χ0v) is 12.4. The first kappa shape index (κ1) is 14.2. The number of hydrogen-bond acceptors (Lipinski definition) is 3. The van der Waals surface area contributed by atoms with E-state index in [1.165, 1.54) is 12.8 Å². The summed E-state index contributed by atoms with van der Waals surface area (Å²) in [6, 6.07) is 3.91. The fraction of sp³-hybridized carbons (Fsp3) is 0.625. The van der Waals surface area contributed by atoms with Crippen LogP contribution in [0.3, 0.4) is 0 Å². The topological polar surface area (TPSA) is 62.6 Å². The summed E-state index contributed by atoms with van der Waals surface area (Å²) in [6.07, 6.45) is 7.04. The second-order valence-corrected chi connectivity index (χ2v) is 6.29. The lowest BCUT2D eigenvalue weighted by Crippen LogP contribution is -2.55. The summed E-state index contributed by atoms with van der Waals surface area (Å²) in [6.45, 7) is 2.23. The molecule has 1 aliphatic heterocycles. The molecule has 1 aromatic heterocycles. The smallest absolute Gasteiger partial charge is 0.245 e. The quantitative estimate of drug-likeness (QED) is 0.925. The fourth-order valence-electron chi connectivity index (χ4n) is 3.36. The number of furan rings is 1. The molecule has 1 N–H and O–H groups in total. The predicted octanol–water partition coefficient (Wildman–Crippen LogP) is 2.22. The van der Waals surface area contributed by atoms with E-state index in [1.807, 2.05) is 13.0 Å². The van der Waals surface area contributed by atoms with Crippen LogP contribution in [-0.4, -0.2) is 28.3 Å². The Morgan fingerprint density at radius 1 is 1.48 bits per heavy atom. The highest BCUT2D eigenvalue weighted by Gasteiger charge is 2.47. The third-order valence-electron chi connectivity index (χ3n) is 4.80. The van der Waals surface area contributed by atoms with Gasteiger partial charge in [-0.05, 0) is 38.3 Å². The van der Waals surface area contributed by atoms with Crippen LogP contribution in [0.25, 0.3) is 0 Å². The van der Waals surface area contributed by atoms with E-state index in [-0.39, 0.29) is 17.9 Å². The van der Waals surface area contributed by atoms with Gasteiger partial charge in [-0.25, -0.2) is 0 Å². The highest BCUT2D eigenvalue weighted by Crippen LogP contribution is 2.32. The number of carbonyl (C=O) groups is 2. The maximum absolute atomic E-state index is 12.7. The van der Waals surface area contributed by atoms with Crippen molar-refractivity contribution in [3.8, 4) is 0 Å². The zero-order valence-electron chi connectivity index (χ0n) is 12.4. The van der Waals surface area contributed by atoms with Crippen molar-refractivity contribution in [3.63, 3.8) is 0 Å². The van der Waals surface area contributed by atoms with Gasteiger partial charge in [0.1, 0.15) is 11.3 Å². The first-order chi connectivity index (χ1) is 10.1. The summed E-state index contributed by atoms with van der Waals surface area (Å²) in [5.74, 6) is 0.715. The van der Waals surface area contributed by atoms with Gasteiger partial charge in [0.25, 0.3) is 0 Å². The molecule has 5 nitrogen and oxygen atoms in total. The average molecular weight is 290 g/mol. The summed E-state index contributed by atoms with van der Waals surface area (Å²) < 4.78 is 5.32. The Balaban J connectivity index is 1.73. The number of hydrogen-bond donors (Lipinski definition) is 1.